The van der Waals surface area contributed by atoms with E-state index in [2.05, 4.69) is 0 Å². The lowest BCUT2D eigenvalue weighted by Crippen LogP contribution is -3.00. The number of phenols is 1. The van der Waals surface area contributed by atoms with Crippen LogP contribution in [0.5, 0.6) is 5.75 Å². The van der Waals surface area contributed by atoms with E-state index in [0.717, 1.165) is 87.1 Å². The number of aromatic nitrogens is 2. The minimum atomic E-state index is -0.446. The highest BCUT2D eigenvalue weighted by molar-refractivity contribution is 6.04. The molecule has 1 aromatic carbocycles. The maximum absolute atomic E-state index is 13.4. The molecule has 4 aliphatic rings. The Hall–Kier alpha value is -2.25. The lowest BCUT2D eigenvalue weighted by atomic mass is 9.85. The van der Waals surface area contributed by atoms with Gasteiger partial charge in [-0.3, -0.25) is 9.36 Å². The predicted molar refractivity (Wildman–Crippen MR) is 112 cm³/mol. The van der Waals surface area contributed by atoms with E-state index >= 15 is 0 Å². The Labute approximate surface area is 187 Å². The van der Waals surface area contributed by atoms with Crippen LogP contribution in [0.2, 0.25) is 0 Å². The van der Waals surface area contributed by atoms with E-state index in [1.807, 2.05) is 11.5 Å². The smallest absolute Gasteiger partial charge is 0.257 e. The number of halogens is 2. The van der Waals surface area contributed by atoms with Crippen LogP contribution in [0.25, 0.3) is 0 Å². The molecule has 31 heavy (non-hydrogen) atoms. The molecule has 0 atom stereocenters. The van der Waals surface area contributed by atoms with Gasteiger partial charge < -0.3 is 17.5 Å². The third-order valence-electron chi connectivity index (χ3n) is 7.09. The van der Waals surface area contributed by atoms with E-state index in [1.165, 1.54) is 6.07 Å². The first-order valence-electron chi connectivity index (χ1n) is 11.0. The standard InChI is InChI=1S/C23H27FN4O2.ClH/c1-15-18(23(30)27-10-3-2-4-21(27)25-15)9-13-28-11-7-16(8-12-28)22(26-28)19-6-5-17(24)14-20(19)29;/h5-6,14,16H,2-4,7-13H2,1H3;1H. The molecule has 1 aromatic heterocycles. The third kappa shape index (κ3) is 3.89. The predicted octanol–water partition coefficient (Wildman–Crippen LogP) is -0.0761. The van der Waals surface area contributed by atoms with Crippen LogP contribution in [0.1, 0.15) is 48.3 Å². The summed E-state index contributed by atoms with van der Waals surface area (Å²) in [7, 11) is 0. The van der Waals surface area contributed by atoms with Crippen LogP contribution in [-0.2, 0) is 19.4 Å². The lowest BCUT2D eigenvalue weighted by molar-refractivity contribution is -0.943. The van der Waals surface area contributed by atoms with Crippen molar-refractivity contribution in [3.05, 3.63) is 57.0 Å². The molecule has 6 nitrogen and oxygen atoms in total. The Morgan fingerprint density at radius 3 is 2.77 bits per heavy atom. The van der Waals surface area contributed by atoms with Crippen molar-refractivity contribution in [2.45, 2.75) is 52.0 Å². The van der Waals surface area contributed by atoms with Gasteiger partial charge in [0.05, 0.1) is 0 Å². The van der Waals surface area contributed by atoms with Crippen LogP contribution in [0.3, 0.4) is 0 Å². The summed E-state index contributed by atoms with van der Waals surface area (Å²) in [5.41, 5.74) is 3.28. The van der Waals surface area contributed by atoms with Crippen molar-refractivity contribution in [3.63, 3.8) is 0 Å². The molecule has 0 saturated carbocycles. The van der Waals surface area contributed by atoms with E-state index in [-0.39, 0.29) is 23.7 Å². The fourth-order valence-corrected chi connectivity index (χ4v) is 5.34. The Morgan fingerprint density at radius 1 is 1.26 bits per heavy atom. The Morgan fingerprint density at radius 2 is 2.03 bits per heavy atom. The maximum atomic E-state index is 13.4. The SMILES string of the molecule is Cc1nc2n(c(=O)c1CC[N+]13CCC(CC1)C(c1ccc(F)cc1O)=N3)CCCC2.[Cl-]. The van der Waals surface area contributed by atoms with Gasteiger partial charge in [-0.15, -0.1) is 0 Å². The second-order valence-corrected chi connectivity index (χ2v) is 8.94. The van der Waals surface area contributed by atoms with Crippen LogP contribution in [0.15, 0.2) is 28.1 Å². The molecule has 0 aliphatic carbocycles. The number of fused-ring (bicyclic) bond motifs is 3. The summed E-state index contributed by atoms with van der Waals surface area (Å²) in [6, 6.07) is 4.16. The molecule has 0 radical (unpaired) electrons. The average Bonchev–Trinajstić information content (AvgIpc) is 2.74. The minimum absolute atomic E-state index is 0. The molecule has 1 N–H and O–H groups in total. The number of phenolic OH excluding ortho intramolecular Hbond substituents is 1. The Balaban J connectivity index is 0.00000231. The quantitative estimate of drug-likeness (QED) is 0.668. The number of piperidine rings is 1. The van der Waals surface area contributed by atoms with Crippen molar-refractivity contribution in [2.75, 3.05) is 19.6 Å². The topological polar surface area (TPSA) is 67.5 Å². The summed E-state index contributed by atoms with van der Waals surface area (Å²) in [5, 5.41) is 15.3. The van der Waals surface area contributed by atoms with Gasteiger partial charge in [0.1, 0.15) is 42.7 Å². The molecule has 2 aromatic rings. The number of quaternary nitrogens is 1. The zero-order valence-corrected chi connectivity index (χ0v) is 18.5. The normalized spacial score (nSPS) is 24.3. The molecule has 166 valence electrons. The van der Waals surface area contributed by atoms with Gasteiger partial charge in [-0.1, -0.05) is 5.10 Å². The van der Waals surface area contributed by atoms with Crippen LogP contribution < -0.4 is 18.0 Å². The monoisotopic (exact) mass is 446 g/mol. The third-order valence-corrected chi connectivity index (χ3v) is 7.09. The van der Waals surface area contributed by atoms with Gasteiger partial charge in [0, 0.05) is 61.0 Å². The van der Waals surface area contributed by atoms with Crippen LogP contribution >= 0.6 is 0 Å². The summed E-state index contributed by atoms with van der Waals surface area (Å²) in [6.45, 7) is 5.33. The molecule has 0 spiro atoms. The van der Waals surface area contributed by atoms with Crippen molar-refractivity contribution in [3.8, 4) is 5.75 Å². The van der Waals surface area contributed by atoms with E-state index in [1.54, 1.807) is 6.07 Å². The first-order valence-corrected chi connectivity index (χ1v) is 11.0. The van der Waals surface area contributed by atoms with Gasteiger partial charge >= 0.3 is 0 Å². The second-order valence-electron chi connectivity index (χ2n) is 8.94. The summed E-state index contributed by atoms with van der Waals surface area (Å²) in [5.74, 6) is 0.732. The van der Waals surface area contributed by atoms with Gasteiger partial charge in [0.25, 0.3) is 5.56 Å². The number of nitrogens with zero attached hydrogens (tertiary/aromatic N) is 4. The van der Waals surface area contributed by atoms with Gasteiger partial charge in [-0.2, -0.15) is 4.59 Å². The average molecular weight is 447 g/mol. The van der Waals surface area contributed by atoms with Crippen LogP contribution in [0.4, 0.5) is 4.39 Å². The lowest BCUT2D eigenvalue weighted by Gasteiger charge is -2.44. The number of aryl methyl sites for hydroxylation is 2. The molecule has 4 aliphatic heterocycles. The van der Waals surface area contributed by atoms with E-state index < -0.39 is 5.82 Å². The van der Waals surface area contributed by atoms with Crippen molar-refractivity contribution in [1.82, 2.24) is 9.55 Å². The number of benzene rings is 1. The molecule has 0 amide bonds. The fraction of sp³-hybridized carbons (Fsp3) is 0.522. The molecule has 2 bridgehead atoms. The maximum Gasteiger partial charge on any atom is 0.257 e. The first kappa shape index (κ1) is 22.0. The largest absolute Gasteiger partial charge is 1.00 e. The molecule has 5 heterocycles. The summed E-state index contributed by atoms with van der Waals surface area (Å²) in [6.07, 6.45) is 5.65. The molecule has 6 rings (SSSR count). The van der Waals surface area contributed by atoms with E-state index in [0.29, 0.717) is 22.5 Å². The highest BCUT2D eigenvalue weighted by Gasteiger charge is 2.43. The van der Waals surface area contributed by atoms with E-state index in [9.17, 15) is 14.3 Å². The molecule has 1 saturated heterocycles. The van der Waals surface area contributed by atoms with Gasteiger partial charge in [0.2, 0.25) is 0 Å². The minimum Gasteiger partial charge on any atom is -1.00 e. The molecular formula is C23H28ClFN4O2. The van der Waals surface area contributed by atoms with Gasteiger partial charge in [-0.05, 0) is 31.9 Å². The molecule has 8 heteroatoms. The number of hydrogen-bond acceptors (Lipinski definition) is 4. The Kier molecular flexibility index (Phi) is 5.92. The molecular weight excluding hydrogens is 419 g/mol. The number of hydrogen-bond donors (Lipinski definition) is 1. The molecule has 0 unspecified atom stereocenters. The summed E-state index contributed by atoms with van der Waals surface area (Å²) < 4.78 is 15.9. The first-order chi connectivity index (χ1) is 14.5. The number of aromatic hydroxyl groups is 1. The van der Waals surface area contributed by atoms with Crippen LogP contribution in [0, 0.1) is 18.7 Å². The second kappa shape index (κ2) is 8.36. The van der Waals surface area contributed by atoms with E-state index in [4.69, 9.17) is 10.1 Å². The fourth-order valence-electron chi connectivity index (χ4n) is 5.34. The highest BCUT2D eigenvalue weighted by Crippen LogP contribution is 2.36. The van der Waals surface area contributed by atoms with Crippen molar-refractivity contribution >= 4 is 5.71 Å². The Bertz CT molecular complexity index is 1090. The number of rotatable bonds is 4. The highest BCUT2D eigenvalue weighted by atomic mass is 35.5. The summed E-state index contributed by atoms with van der Waals surface area (Å²) in [4.78, 5) is 17.8. The zero-order chi connectivity index (χ0) is 20.9. The van der Waals surface area contributed by atoms with Crippen molar-refractivity contribution in [1.29, 1.82) is 0 Å². The van der Waals surface area contributed by atoms with Gasteiger partial charge in [0.15, 0.2) is 0 Å². The van der Waals surface area contributed by atoms with Gasteiger partial charge in [-0.25, -0.2) is 9.37 Å². The van der Waals surface area contributed by atoms with Crippen molar-refractivity contribution in [2.24, 2.45) is 11.0 Å². The van der Waals surface area contributed by atoms with Crippen molar-refractivity contribution < 1.29 is 26.5 Å². The summed E-state index contributed by atoms with van der Waals surface area (Å²) >= 11 is 0. The van der Waals surface area contributed by atoms with Crippen LogP contribution in [-0.4, -0.2) is 44.6 Å². The zero-order valence-electron chi connectivity index (χ0n) is 17.8. The molecule has 1 fully saturated rings.